The van der Waals surface area contributed by atoms with Crippen molar-refractivity contribution in [2.24, 2.45) is 0 Å². The third-order valence-corrected chi connectivity index (χ3v) is 4.24. The molecular weight excluding hydrogens is 368 g/mol. The monoisotopic (exact) mass is 400 g/mol. The molecule has 0 saturated heterocycles. The number of benzene rings is 1. The van der Waals surface area contributed by atoms with Gasteiger partial charge in [0.2, 0.25) is 0 Å². The molecule has 0 aliphatic heterocycles. The number of carbonyl (C=O) groups is 2. The molecule has 0 aromatic heterocycles. The van der Waals surface area contributed by atoms with Gasteiger partial charge >= 0.3 is 11.9 Å². The quantitative estimate of drug-likeness (QED) is 0.411. The molecule has 1 aromatic carbocycles. The van der Waals surface area contributed by atoms with Crippen molar-refractivity contribution in [1.82, 2.24) is 0 Å². The molecule has 1 rings (SSSR count). The lowest BCUT2D eigenvalue weighted by Gasteiger charge is -2.09. The third kappa shape index (κ3) is 12.4. The van der Waals surface area contributed by atoms with Crippen LogP contribution < -0.4 is 0 Å². The third-order valence-electron chi connectivity index (χ3n) is 3.30. The summed E-state index contributed by atoms with van der Waals surface area (Å²) < 4.78 is 10.3. The summed E-state index contributed by atoms with van der Waals surface area (Å²) in [5, 5.41) is 16.4. The molecule has 27 heavy (non-hydrogen) atoms. The Balaban J connectivity index is 0.000000821. The molecule has 0 aliphatic carbocycles. The molecule has 0 heterocycles. The van der Waals surface area contributed by atoms with Crippen LogP contribution in [0.4, 0.5) is 0 Å². The van der Waals surface area contributed by atoms with Gasteiger partial charge in [0.1, 0.15) is 0 Å². The molecule has 2 N–H and O–H groups in total. The average Bonchev–Trinajstić information content (AvgIpc) is 2.69. The normalized spacial score (nSPS) is 9.93. The zero-order valence-corrected chi connectivity index (χ0v) is 17.1. The van der Waals surface area contributed by atoms with Crippen molar-refractivity contribution in [3.05, 3.63) is 35.4 Å². The molecule has 0 unspecified atom stereocenters. The number of ether oxygens (including phenoxy) is 2. The minimum absolute atomic E-state index is 0.213. The van der Waals surface area contributed by atoms with Crippen LogP contribution in [0.1, 0.15) is 60.2 Å². The molecule has 0 fully saturated rings. The van der Waals surface area contributed by atoms with Crippen molar-refractivity contribution in [1.29, 1.82) is 0 Å². The second-order valence-corrected chi connectivity index (χ2v) is 6.81. The Morgan fingerprint density at radius 2 is 1.26 bits per heavy atom. The molecule has 0 aliphatic rings. The van der Waals surface area contributed by atoms with E-state index in [0.29, 0.717) is 13.2 Å². The van der Waals surface area contributed by atoms with Crippen molar-refractivity contribution in [2.45, 2.75) is 39.5 Å². The number of thioether (sulfide) groups is 1. The van der Waals surface area contributed by atoms with E-state index >= 15 is 0 Å². The Morgan fingerprint density at radius 3 is 1.59 bits per heavy atom. The van der Waals surface area contributed by atoms with Crippen LogP contribution in [0.3, 0.4) is 0 Å². The number of hydrogen-bond acceptors (Lipinski definition) is 7. The van der Waals surface area contributed by atoms with Gasteiger partial charge in [-0.25, -0.2) is 9.59 Å². The number of carbonyl (C=O) groups excluding carboxylic acids is 2. The predicted octanol–water partition coefficient (Wildman–Crippen LogP) is 3.30. The first-order valence-electron chi connectivity index (χ1n) is 9.35. The summed E-state index contributed by atoms with van der Waals surface area (Å²) in [6, 6.07) is 6.59. The average molecular weight is 401 g/mol. The highest BCUT2D eigenvalue weighted by Crippen LogP contribution is 2.12. The molecule has 6 nitrogen and oxygen atoms in total. The Labute approximate surface area is 166 Å². The lowest BCUT2D eigenvalue weighted by Crippen LogP contribution is -2.14. The van der Waals surface area contributed by atoms with E-state index in [4.69, 9.17) is 19.7 Å². The number of esters is 2. The van der Waals surface area contributed by atoms with Crippen molar-refractivity contribution >= 4 is 23.7 Å². The fourth-order valence-electron chi connectivity index (χ4n) is 1.84. The van der Waals surface area contributed by atoms with Crippen molar-refractivity contribution < 1.29 is 29.3 Å². The van der Waals surface area contributed by atoms with E-state index in [1.165, 1.54) is 0 Å². The van der Waals surface area contributed by atoms with E-state index in [0.717, 1.165) is 37.2 Å². The highest BCUT2D eigenvalue weighted by molar-refractivity contribution is 7.99. The number of aliphatic hydroxyl groups excluding tert-OH is 2. The van der Waals surface area contributed by atoms with Crippen LogP contribution in [0.25, 0.3) is 0 Å². The summed E-state index contributed by atoms with van der Waals surface area (Å²) in [6.45, 7) is 5.21. The Bertz CT molecular complexity index is 476. The fourth-order valence-corrected chi connectivity index (χ4v) is 2.31. The lowest BCUT2D eigenvalue weighted by molar-refractivity contribution is 0.0452. The molecule has 0 bridgehead atoms. The summed E-state index contributed by atoms with van der Waals surface area (Å²) in [5.74, 6) is 0.532. The summed E-state index contributed by atoms with van der Waals surface area (Å²) in [4.78, 5) is 23.9. The number of aliphatic hydroxyl groups is 2. The molecule has 154 valence electrons. The van der Waals surface area contributed by atoms with E-state index in [2.05, 4.69) is 0 Å². The maximum Gasteiger partial charge on any atom is 0.339 e. The van der Waals surface area contributed by atoms with Crippen LogP contribution in [-0.4, -0.2) is 60.1 Å². The summed E-state index contributed by atoms with van der Waals surface area (Å²) in [7, 11) is 0. The van der Waals surface area contributed by atoms with Gasteiger partial charge in [-0.1, -0.05) is 38.8 Å². The van der Waals surface area contributed by atoms with Gasteiger partial charge in [-0.15, -0.1) is 0 Å². The minimum atomic E-state index is -0.471. The SMILES string of the molecule is CCCCOC(=O)c1ccccc1C(=O)OCCCC.OCCSCCO. The van der Waals surface area contributed by atoms with Crippen LogP contribution in [0.5, 0.6) is 0 Å². The topological polar surface area (TPSA) is 93.1 Å². The maximum atomic E-state index is 11.9. The van der Waals surface area contributed by atoms with Crippen LogP contribution in [0.15, 0.2) is 24.3 Å². The highest BCUT2D eigenvalue weighted by Gasteiger charge is 2.18. The first kappa shape index (κ1) is 25.4. The summed E-state index contributed by atoms with van der Waals surface area (Å²) >= 11 is 1.55. The zero-order chi connectivity index (χ0) is 20.3. The first-order chi connectivity index (χ1) is 13.1. The summed E-state index contributed by atoms with van der Waals surface area (Å²) in [5.41, 5.74) is 0.537. The van der Waals surface area contributed by atoms with Crippen LogP contribution in [0.2, 0.25) is 0 Å². The number of hydrogen-bond donors (Lipinski definition) is 2. The zero-order valence-electron chi connectivity index (χ0n) is 16.3. The van der Waals surface area contributed by atoms with E-state index in [9.17, 15) is 9.59 Å². The van der Waals surface area contributed by atoms with Crippen LogP contribution in [0, 0.1) is 0 Å². The van der Waals surface area contributed by atoms with Gasteiger partial charge in [0, 0.05) is 11.5 Å². The van der Waals surface area contributed by atoms with E-state index in [1.54, 1.807) is 36.0 Å². The minimum Gasteiger partial charge on any atom is -0.462 e. The standard InChI is InChI=1S/C16H22O4.C4H10O2S/c1-3-5-11-19-15(17)13-9-7-8-10-14(13)16(18)20-12-6-4-2;5-1-3-7-4-2-6/h7-10H,3-6,11-12H2,1-2H3;5-6H,1-4H2. The number of rotatable bonds is 12. The Kier molecular flexibility index (Phi) is 16.8. The molecule has 0 spiro atoms. The van der Waals surface area contributed by atoms with Gasteiger partial charge in [-0.2, -0.15) is 11.8 Å². The van der Waals surface area contributed by atoms with Gasteiger partial charge in [0.15, 0.2) is 0 Å². The van der Waals surface area contributed by atoms with Gasteiger partial charge in [0.25, 0.3) is 0 Å². The number of unbranched alkanes of at least 4 members (excludes halogenated alkanes) is 2. The summed E-state index contributed by atoms with van der Waals surface area (Å²) in [6.07, 6.45) is 3.53. The van der Waals surface area contributed by atoms with Crippen molar-refractivity contribution in [3.8, 4) is 0 Å². The first-order valence-corrected chi connectivity index (χ1v) is 10.5. The van der Waals surface area contributed by atoms with Crippen LogP contribution >= 0.6 is 11.8 Å². The van der Waals surface area contributed by atoms with Gasteiger partial charge in [0.05, 0.1) is 37.6 Å². The van der Waals surface area contributed by atoms with E-state index in [-0.39, 0.29) is 24.3 Å². The van der Waals surface area contributed by atoms with Crippen molar-refractivity contribution in [3.63, 3.8) is 0 Å². The largest absolute Gasteiger partial charge is 0.462 e. The second kappa shape index (κ2) is 17.8. The molecule has 0 amide bonds. The van der Waals surface area contributed by atoms with Gasteiger partial charge in [-0.3, -0.25) is 0 Å². The lowest BCUT2D eigenvalue weighted by atomic mass is 10.1. The molecule has 7 heteroatoms. The molecule has 0 radical (unpaired) electrons. The van der Waals surface area contributed by atoms with E-state index < -0.39 is 11.9 Å². The van der Waals surface area contributed by atoms with Gasteiger partial charge in [-0.05, 0) is 25.0 Å². The van der Waals surface area contributed by atoms with Crippen molar-refractivity contribution in [2.75, 3.05) is 37.9 Å². The molecule has 0 saturated carbocycles. The Hall–Kier alpha value is -1.57. The smallest absolute Gasteiger partial charge is 0.339 e. The van der Waals surface area contributed by atoms with Gasteiger partial charge < -0.3 is 19.7 Å². The Morgan fingerprint density at radius 1 is 0.852 bits per heavy atom. The highest BCUT2D eigenvalue weighted by atomic mass is 32.2. The predicted molar refractivity (Wildman–Crippen MR) is 108 cm³/mol. The van der Waals surface area contributed by atoms with E-state index in [1.807, 2.05) is 13.8 Å². The maximum absolute atomic E-state index is 11.9. The van der Waals surface area contributed by atoms with Crippen LogP contribution in [-0.2, 0) is 9.47 Å². The molecular formula is C20H32O6S. The second-order valence-electron chi connectivity index (χ2n) is 5.58. The fraction of sp³-hybridized carbons (Fsp3) is 0.600. The molecule has 0 atom stereocenters. The molecule has 1 aromatic rings.